The Labute approximate surface area is 118 Å². The fourth-order valence-electron chi connectivity index (χ4n) is 1.46. The number of halogens is 2. The molecule has 0 unspecified atom stereocenters. The third kappa shape index (κ3) is 3.05. The summed E-state index contributed by atoms with van der Waals surface area (Å²) in [7, 11) is 1.23. The number of rotatable bonds is 3. The highest BCUT2D eigenvalue weighted by atomic mass is 32.2. The van der Waals surface area contributed by atoms with Crippen molar-refractivity contribution in [1.29, 1.82) is 0 Å². The number of hydrogen-bond donors (Lipinski definition) is 1. The Bertz CT molecular complexity index is 665. The van der Waals surface area contributed by atoms with Gasteiger partial charge in [-0.2, -0.15) is 0 Å². The van der Waals surface area contributed by atoms with Crippen LogP contribution in [0.3, 0.4) is 0 Å². The predicted molar refractivity (Wildman–Crippen MR) is 70.5 cm³/mol. The van der Waals surface area contributed by atoms with E-state index in [9.17, 15) is 13.6 Å². The van der Waals surface area contributed by atoms with Crippen LogP contribution in [0.2, 0.25) is 0 Å². The molecule has 0 radical (unpaired) electrons. The lowest BCUT2D eigenvalue weighted by molar-refractivity contribution is 0.0596. The van der Waals surface area contributed by atoms with Crippen molar-refractivity contribution < 1.29 is 18.3 Å². The molecule has 2 aromatic rings. The minimum atomic E-state index is -0.968. The Morgan fingerprint density at radius 1 is 1.30 bits per heavy atom. The van der Waals surface area contributed by atoms with Crippen molar-refractivity contribution >= 4 is 23.4 Å². The van der Waals surface area contributed by atoms with Gasteiger partial charge in [0.15, 0.2) is 11.6 Å². The molecule has 0 amide bonds. The van der Waals surface area contributed by atoms with Gasteiger partial charge in [-0.1, -0.05) is 11.8 Å². The summed E-state index contributed by atoms with van der Waals surface area (Å²) in [6.07, 6.45) is 1.37. The highest BCUT2D eigenvalue weighted by Crippen LogP contribution is 2.30. The van der Waals surface area contributed by atoms with Crippen molar-refractivity contribution in [2.45, 2.75) is 9.92 Å². The molecule has 4 nitrogen and oxygen atoms in total. The quantitative estimate of drug-likeness (QED) is 0.882. The lowest BCUT2D eigenvalue weighted by Crippen LogP contribution is -2.05. The average Bonchev–Trinajstić information content (AvgIpc) is 2.44. The van der Waals surface area contributed by atoms with Crippen LogP contribution in [-0.4, -0.2) is 18.1 Å². The first-order chi connectivity index (χ1) is 9.51. The number of anilines is 1. The number of nitrogens with zero attached hydrogens (tertiary/aromatic N) is 1. The van der Waals surface area contributed by atoms with Crippen LogP contribution in [0.4, 0.5) is 14.5 Å². The van der Waals surface area contributed by atoms with Crippen molar-refractivity contribution in [3.05, 3.63) is 47.7 Å². The Morgan fingerprint density at radius 2 is 2.05 bits per heavy atom. The lowest BCUT2D eigenvalue weighted by Gasteiger charge is -2.07. The number of benzene rings is 1. The summed E-state index contributed by atoms with van der Waals surface area (Å²) in [5, 5.41) is 0.303. The second-order valence-corrected chi connectivity index (χ2v) is 4.85. The molecule has 1 heterocycles. The van der Waals surface area contributed by atoms with Crippen LogP contribution < -0.4 is 5.73 Å². The van der Waals surface area contributed by atoms with E-state index in [0.717, 1.165) is 23.9 Å². The van der Waals surface area contributed by atoms with Gasteiger partial charge in [-0.25, -0.2) is 18.6 Å². The number of nitrogens with two attached hydrogens (primary N) is 1. The van der Waals surface area contributed by atoms with E-state index in [2.05, 4.69) is 9.72 Å². The summed E-state index contributed by atoms with van der Waals surface area (Å²) < 4.78 is 30.6. The van der Waals surface area contributed by atoms with Gasteiger partial charge in [0.25, 0.3) is 0 Å². The summed E-state index contributed by atoms with van der Waals surface area (Å²) in [5.74, 6) is -2.51. The van der Waals surface area contributed by atoms with Gasteiger partial charge in [0, 0.05) is 4.90 Å². The van der Waals surface area contributed by atoms with E-state index >= 15 is 0 Å². The topological polar surface area (TPSA) is 65.2 Å². The van der Waals surface area contributed by atoms with E-state index in [1.807, 2.05) is 0 Å². The monoisotopic (exact) mass is 296 g/mol. The van der Waals surface area contributed by atoms with Gasteiger partial charge >= 0.3 is 5.97 Å². The lowest BCUT2D eigenvalue weighted by atomic mass is 10.3. The maximum atomic E-state index is 13.2. The molecular weight excluding hydrogens is 286 g/mol. The molecule has 0 bridgehead atoms. The fourth-order valence-corrected chi connectivity index (χ4v) is 2.34. The van der Waals surface area contributed by atoms with E-state index in [-0.39, 0.29) is 5.56 Å². The van der Waals surface area contributed by atoms with E-state index in [1.165, 1.54) is 25.4 Å². The van der Waals surface area contributed by atoms with Gasteiger partial charge in [-0.05, 0) is 24.3 Å². The van der Waals surface area contributed by atoms with Gasteiger partial charge in [-0.15, -0.1) is 0 Å². The molecule has 2 rings (SSSR count). The molecule has 20 heavy (non-hydrogen) atoms. The second-order valence-electron chi connectivity index (χ2n) is 3.79. The summed E-state index contributed by atoms with van der Waals surface area (Å²) in [6.45, 7) is 0. The van der Waals surface area contributed by atoms with Gasteiger partial charge in [0.2, 0.25) is 0 Å². The molecule has 0 saturated carbocycles. The molecule has 104 valence electrons. The number of carbonyl (C=O) groups excluding carboxylic acids is 1. The Hall–Kier alpha value is -2.15. The number of carbonyl (C=O) groups is 1. The minimum absolute atomic E-state index is 0.169. The van der Waals surface area contributed by atoms with Crippen molar-refractivity contribution in [3.63, 3.8) is 0 Å². The van der Waals surface area contributed by atoms with Crippen LogP contribution in [0.25, 0.3) is 0 Å². The van der Waals surface area contributed by atoms with Crippen LogP contribution in [-0.2, 0) is 4.74 Å². The summed E-state index contributed by atoms with van der Waals surface area (Å²) in [6, 6.07) is 4.84. The van der Waals surface area contributed by atoms with E-state index in [4.69, 9.17) is 5.73 Å². The summed E-state index contributed by atoms with van der Waals surface area (Å²) >= 11 is 1.02. The SMILES string of the molecule is COC(=O)c1cc(N)cnc1Sc1ccc(F)c(F)c1. The zero-order valence-electron chi connectivity index (χ0n) is 10.4. The number of nitrogen functional groups attached to an aromatic ring is 1. The van der Waals surface area contributed by atoms with Crippen LogP contribution in [0.15, 0.2) is 40.4 Å². The van der Waals surface area contributed by atoms with Crippen LogP contribution in [0.5, 0.6) is 0 Å². The molecule has 0 fully saturated rings. The van der Waals surface area contributed by atoms with Gasteiger partial charge < -0.3 is 10.5 Å². The van der Waals surface area contributed by atoms with Crippen molar-refractivity contribution in [3.8, 4) is 0 Å². The number of methoxy groups -OCH3 is 1. The molecule has 7 heteroatoms. The first-order valence-electron chi connectivity index (χ1n) is 5.48. The van der Waals surface area contributed by atoms with E-state index in [1.54, 1.807) is 0 Å². The first-order valence-corrected chi connectivity index (χ1v) is 6.29. The van der Waals surface area contributed by atoms with Crippen molar-refractivity contribution in [2.24, 2.45) is 0 Å². The number of hydrogen-bond acceptors (Lipinski definition) is 5. The third-order valence-corrected chi connectivity index (χ3v) is 3.39. The van der Waals surface area contributed by atoms with Crippen molar-refractivity contribution in [1.82, 2.24) is 4.98 Å². The van der Waals surface area contributed by atoms with E-state index in [0.29, 0.717) is 15.6 Å². The normalized spacial score (nSPS) is 10.3. The van der Waals surface area contributed by atoms with Crippen LogP contribution in [0, 0.1) is 11.6 Å². The maximum absolute atomic E-state index is 13.2. The number of esters is 1. The van der Waals surface area contributed by atoms with Gasteiger partial charge in [0.05, 0.1) is 24.6 Å². The Morgan fingerprint density at radius 3 is 2.70 bits per heavy atom. The Balaban J connectivity index is 2.37. The predicted octanol–water partition coefficient (Wildman–Crippen LogP) is 2.88. The molecule has 0 aliphatic heterocycles. The molecule has 0 atom stereocenters. The molecule has 1 aromatic carbocycles. The summed E-state index contributed by atoms with van der Waals surface area (Å²) in [4.78, 5) is 16.1. The minimum Gasteiger partial charge on any atom is -0.465 e. The zero-order chi connectivity index (χ0) is 14.7. The molecule has 0 aliphatic rings. The third-order valence-electron chi connectivity index (χ3n) is 2.38. The second kappa shape index (κ2) is 5.87. The van der Waals surface area contributed by atoms with Crippen molar-refractivity contribution in [2.75, 3.05) is 12.8 Å². The number of pyridine rings is 1. The molecule has 2 N–H and O–H groups in total. The Kier molecular flexibility index (Phi) is 4.19. The number of aromatic nitrogens is 1. The van der Waals surface area contributed by atoms with Crippen LogP contribution >= 0.6 is 11.8 Å². The molecule has 0 saturated heterocycles. The fraction of sp³-hybridized carbons (Fsp3) is 0.0769. The smallest absolute Gasteiger partial charge is 0.340 e. The highest BCUT2D eigenvalue weighted by Gasteiger charge is 2.15. The van der Waals surface area contributed by atoms with Gasteiger partial charge in [0.1, 0.15) is 5.03 Å². The van der Waals surface area contributed by atoms with Gasteiger partial charge in [-0.3, -0.25) is 0 Å². The number of ether oxygens (including phenoxy) is 1. The van der Waals surface area contributed by atoms with Crippen LogP contribution in [0.1, 0.15) is 10.4 Å². The standard InChI is InChI=1S/C13H10F2N2O2S/c1-19-13(18)9-4-7(16)6-17-12(9)20-8-2-3-10(14)11(15)5-8/h2-6H,16H2,1H3. The molecular formula is C13H10F2N2O2S. The highest BCUT2D eigenvalue weighted by molar-refractivity contribution is 7.99. The molecule has 0 aliphatic carbocycles. The molecule has 0 spiro atoms. The zero-order valence-corrected chi connectivity index (χ0v) is 11.2. The molecule has 1 aromatic heterocycles. The maximum Gasteiger partial charge on any atom is 0.340 e. The largest absolute Gasteiger partial charge is 0.465 e. The van der Waals surface area contributed by atoms with E-state index < -0.39 is 17.6 Å². The first kappa shape index (κ1) is 14.3. The summed E-state index contributed by atoms with van der Waals surface area (Å²) in [5.41, 5.74) is 6.04. The average molecular weight is 296 g/mol.